The number of carbonyl (C=O) groups is 1. The zero-order valence-electron chi connectivity index (χ0n) is 16.4. The summed E-state index contributed by atoms with van der Waals surface area (Å²) >= 11 is 0. The first-order chi connectivity index (χ1) is 13.4. The number of carbonyl (C=O) groups excluding carboxylic acids is 1. The Hall–Kier alpha value is -3.29. The normalized spacial score (nSPS) is 11.2. The number of rotatable bonds is 6. The number of aromatic hydroxyl groups is 2. The van der Waals surface area contributed by atoms with Crippen molar-refractivity contribution in [2.45, 2.75) is 40.2 Å². The second-order valence-corrected chi connectivity index (χ2v) is 6.73. The predicted molar refractivity (Wildman–Crippen MR) is 104 cm³/mol. The van der Waals surface area contributed by atoms with E-state index >= 15 is 0 Å². The van der Waals surface area contributed by atoms with Crippen molar-refractivity contribution in [1.82, 2.24) is 20.3 Å². The number of phenols is 2. The molecule has 0 saturated carbocycles. The van der Waals surface area contributed by atoms with E-state index in [0.717, 1.165) is 0 Å². The highest BCUT2D eigenvalue weighted by atomic mass is 16.5. The van der Waals surface area contributed by atoms with Crippen molar-refractivity contribution in [3.63, 3.8) is 0 Å². The summed E-state index contributed by atoms with van der Waals surface area (Å²) in [6.07, 6.45) is 1.80. The van der Waals surface area contributed by atoms with Gasteiger partial charge in [-0.15, -0.1) is 0 Å². The molecule has 0 bridgehead atoms. The van der Waals surface area contributed by atoms with Gasteiger partial charge in [0, 0.05) is 25.4 Å². The predicted octanol–water partition coefficient (Wildman–Crippen LogP) is 3.51. The summed E-state index contributed by atoms with van der Waals surface area (Å²) in [6.45, 7) is 8.73. The standard InChI is InChI=1S/C20H24N4O4/c1-5-21-20(27)18-17(14-7-8-24(6-2)22-14)19(28-23-18)13-9-12(11(3)4)15(25)10-16(13)26/h7-11,25-26H,5-6H2,1-4H3,(H,21,27). The first-order valence-corrected chi connectivity index (χ1v) is 9.25. The second-order valence-electron chi connectivity index (χ2n) is 6.73. The molecule has 0 spiro atoms. The van der Waals surface area contributed by atoms with E-state index in [4.69, 9.17) is 4.52 Å². The second kappa shape index (κ2) is 7.75. The molecule has 0 radical (unpaired) electrons. The van der Waals surface area contributed by atoms with Crippen molar-refractivity contribution in [2.75, 3.05) is 6.54 Å². The topological polar surface area (TPSA) is 113 Å². The zero-order chi connectivity index (χ0) is 20.4. The molecule has 0 unspecified atom stereocenters. The molecule has 28 heavy (non-hydrogen) atoms. The first kappa shape index (κ1) is 19.5. The van der Waals surface area contributed by atoms with Crippen molar-refractivity contribution in [2.24, 2.45) is 0 Å². The van der Waals surface area contributed by atoms with Gasteiger partial charge in [0.2, 0.25) is 0 Å². The van der Waals surface area contributed by atoms with Crippen LogP contribution >= 0.6 is 0 Å². The summed E-state index contributed by atoms with van der Waals surface area (Å²) in [7, 11) is 0. The van der Waals surface area contributed by atoms with E-state index in [1.165, 1.54) is 6.07 Å². The van der Waals surface area contributed by atoms with E-state index in [1.807, 2.05) is 27.7 Å². The molecule has 8 heteroatoms. The molecule has 0 aliphatic rings. The number of benzene rings is 1. The van der Waals surface area contributed by atoms with Gasteiger partial charge in [-0.2, -0.15) is 5.10 Å². The summed E-state index contributed by atoms with van der Waals surface area (Å²) in [5, 5.41) is 31.7. The Morgan fingerprint density at radius 1 is 1.25 bits per heavy atom. The number of hydrogen-bond acceptors (Lipinski definition) is 6. The number of nitrogens with zero attached hydrogens (tertiary/aromatic N) is 3. The Balaban J connectivity index is 2.25. The van der Waals surface area contributed by atoms with Crippen LogP contribution in [0.2, 0.25) is 0 Å². The molecule has 0 fully saturated rings. The molecule has 0 atom stereocenters. The van der Waals surface area contributed by atoms with E-state index in [1.54, 1.807) is 23.0 Å². The van der Waals surface area contributed by atoms with Crippen LogP contribution in [-0.4, -0.2) is 37.6 Å². The molecule has 1 amide bonds. The fourth-order valence-electron chi connectivity index (χ4n) is 3.02. The Bertz CT molecular complexity index is 1000. The summed E-state index contributed by atoms with van der Waals surface area (Å²) in [6, 6.07) is 4.69. The summed E-state index contributed by atoms with van der Waals surface area (Å²) in [5.41, 5.74) is 1.99. The van der Waals surface area contributed by atoms with E-state index in [9.17, 15) is 15.0 Å². The van der Waals surface area contributed by atoms with E-state index < -0.39 is 0 Å². The van der Waals surface area contributed by atoms with Gasteiger partial charge in [-0.3, -0.25) is 9.48 Å². The minimum atomic E-state index is -0.388. The highest BCUT2D eigenvalue weighted by Crippen LogP contribution is 2.42. The van der Waals surface area contributed by atoms with Crippen LogP contribution in [0.4, 0.5) is 0 Å². The molecular weight excluding hydrogens is 360 g/mol. The van der Waals surface area contributed by atoms with Crippen LogP contribution in [0.5, 0.6) is 11.5 Å². The number of phenolic OH excluding ortho intramolecular Hbond substituents is 2. The smallest absolute Gasteiger partial charge is 0.274 e. The third-order valence-electron chi connectivity index (χ3n) is 4.48. The van der Waals surface area contributed by atoms with E-state index in [2.05, 4.69) is 15.6 Å². The van der Waals surface area contributed by atoms with Crippen molar-refractivity contribution in [3.8, 4) is 34.1 Å². The highest BCUT2D eigenvalue weighted by Gasteiger charge is 2.28. The fourth-order valence-corrected chi connectivity index (χ4v) is 3.02. The van der Waals surface area contributed by atoms with Gasteiger partial charge >= 0.3 is 0 Å². The van der Waals surface area contributed by atoms with E-state index in [0.29, 0.717) is 35.5 Å². The maximum Gasteiger partial charge on any atom is 0.274 e. The maximum atomic E-state index is 12.5. The average molecular weight is 384 g/mol. The largest absolute Gasteiger partial charge is 0.508 e. The van der Waals surface area contributed by atoms with Crippen molar-refractivity contribution >= 4 is 5.91 Å². The van der Waals surface area contributed by atoms with Gasteiger partial charge in [-0.05, 0) is 37.5 Å². The van der Waals surface area contributed by atoms with E-state index in [-0.39, 0.29) is 34.8 Å². The minimum absolute atomic E-state index is 0.00322. The Labute approximate surface area is 162 Å². The third-order valence-corrected chi connectivity index (χ3v) is 4.48. The van der Waals surface area contributed by atoms with Crippen molar-refractivity contribution < 1.29 is 19.5 Å². The van der Waals surface area contributed by atoms with Gasteiger partial charge in [0.25, 0.3) is 5.91 Å². The number of aromatic nitrogens is 3. The van der Waals surface area contributed by atoms with Crippen LogP contribution in [0, 0.1) is 0 Å². The molecule has 2 heterocycles. The molecule has 148 valence electrons. The molecule has 8 nitrogen and oxygen atoms in total. The Kier molecular flexibility index (Phi) is 5.39. The average Bonchev–Trinajstić information content (AvgIpc) is 3.28. The quantitative estimate of drug-likeness (QED) is 0.599. The number of aryl methyl sites for hydroxylation is 1. The number of hydrogen-bond donors (Lipinski definition) is 3. The van der Waals surface area contributed by atoms with Crippen molar-refractivity contribution in [3.05, 3.63) is 35.7 Å². The maximum absolute atomic E-state index is 12.5. The lowest BCUT2D eigenvalue weighted by molar-refractivity contribution is 0.0947. The summed E-state index contributed by atoms with van der Waals surface area (Å²) < 4.78 is 7.23. The van der Waals surface area contributed by atoms with Crippen LogP contribution in [0.3, 0.4) is 0 Å². The van der Waals surface area contributed by atoms with Gasteiger partial charge in [0.15, 0.2) is 11.5 Å². The molecule has 1 aromatic carbocycles. The lowest BCUT2D eigenvalue weighted by Crippen LogP contribution is -2.23. The lowest BCUT2D eigenvalue weighted by atomic mass is 9.95. The molecular formula is C20H24N4O4. The van der Waals surface area contributed by atoms with Crippen LogP contribution in [0.25, 0.3) is 22.6 Å². The van der Waals surface area contributed by atoms with Crippen LogP contribution in [0.1, 0.15) is 49.7 Å². The molecule has 2 aromatic heterocycles. The van der Waals surface area contributed by atoms with Gasteiger partial charge in [-0.25, -0.2) is 0 Å². The number of amides is 1. The van der Waals surface area contributed by atoms with Gasteiger partial charge < -0.3 is 20.1 Å². The van der Waals surface area contributed by atoms with Gasteiger partial charge in [0.1, 0.15) is 11.5 Å². The summed E-state index contributed by atoms with van der Waals surface area (Å²) in [5.74, 6) is -0.316. The van der Waals surface area contributed by atoms with Crippen LogP contribution in [0.15, 0.2) is 28.9 Å². The highest BCUT2D eigenvalue weighted by molar-refractivity contribution is 6.02. The Morgan fingerprint density at radius 2 is 2.00 bits per heavy atom. The van der Waals surface area contributed by atoms with Gasteiger partial charge in [0.05, 0.1) is 16.8 Å². The SMILES string of the molecule is CCNC(=O)c1noc(-c2cc(C(C)C)c(O)cc2O)c1-c1ccn(CC)n1. The third kappa shape index (κ3) is 3.45. The van der Waals surface area contributed by atoms with Crippen LogP contribution in [-0.2, 0) is 6.54 Å². The minimum Gasteiger partial charge on any atom is -0.508 e. The monoisotopic (exact) mass is 384 g/mol. The Morgan fingerprint density at radius 3 is 2.61 bits per heavy atom. The number of nitrogens with one attached hydrogen (secondary N) is 1. The molecule has 3 N–H and O–H groups in total. The summed E-state index contributed by atoms with van der Waals surface area (Å²) in [4.78, 5) is 12.5. The lowest BCUT2D eigenvalue weighted by Gasteiger charge is -2.12. The van der Waals surface area contributed by atoms with Crippen molar-refractivity contribution in [1.29, 1.82) is 0 Å². The molecule has 0 aliphatic carbocycles. The van der Waals surface area contributed by atoms with Gasteiger partial charge in [-0.1, -0.05) is 19.0 Å². The zero-order valence-corrected chi connectivity index (χ0v) is 16.4. The van der Waals surface area contributed by atoms with Crippen LogP contribution < -0.4 is 5.32 Å². The molecule has 0 aliphatic heterocycles. The molecule has 3 rings (SSSR count). The molecule has 0 saturated heterocycles. The molecule has 3 aromatic rings. The first-order valence-electron chi connectivity index (χ1n) is 9.25. The fraction of sp³-hybridized carbons (Fsp3) is 0.350.